The molecule has 2 unspecified atom stereocenters. The average Bonchev–Trinajstić information content (AvgIpc) is 3.50. The number of nitrogens with zero attached hydrogens (tertiary/aromatic N) is 6. The van der Waals surface area contributed by atoms with Crippen LogP contribution in [0.4, 0.5) is 31.8 Å². The Kier molecular flexibility index (Phi) is 8.41. The van der Waals surface area contributed by atoms with Gasteiger partial charge in [-0.1, -0.05) is 12.1 Å². The van der Waals surface area contributed by atoms with Crippen LogP contribution in [0.25, 0.3) is 0 Å². The minimum Gasteiger partial charge on any atom is -0.494 e. The summed E-state index contributed by atoms with van der Waals surface area (Å²) >= 11 is 0. The number of benzene rings is 2. The van der Waals surface area contributed by atoms with Crippen LogP contribution in [0.2, 0.25) is 0 Å². The number of methoxy groups -OCH3 is 1. The number of anilines is 4. The van der Waals surface area contributed by atoms with E-state index >= 15 is 0 Å². The predicted molar refractivity (Wildman–Crippen MR) is 159 cm³/mol. The Hall–Kier alpha value is -3.54. The van der Waals surface area contributed by atoms with Crippen LogP contribution in [0.5, 0.6) is 5.75 Å². The highest BCUT2D eigenvalue weighted by Gasteiger charge is 2.32. The monoisotopic (exact) mass is 579 g/mol. The fourth-order valence-electron chi connectivity index (χ4n) is 6.31. The van der Waals surface area contributed by atoms with E-state index in [1.54, 1.807) is 19.2 Å². The zero-order valence-electron chi connectivity index (χ0n) is 24.5. The highest BCUT2D eigenvalue weighted by atomic mass is 19.2. The Balaban J connectivity index is 1.12. The molecule has 3 aliphatic rings. The Morgan fingerprint density at radius 3 is 2.62 bits per heavy atom. The van der Waals surface area contributed by atoms with E-state index < -0.39 is 17.7 Å². The molecule has 6 rings (SSSR count). The third-order valence-corrected chi connectivity index (χ3v) is 8.91. The Labute approximate surface area is 246 Å². The molecule has 3 saturated heterocycles. The van der Waals surface area contributed by atoms with Gasteiger partial charge in [0, 0.05) is 74.6 Å². The second-order valence-corrected chi connectivity index (χ2v) is 11.4. The van der Waals surface area contributed by atoms with Crippen molar-refractivity contribution in [1.82, 2.24) is 19.8 Å². The molecule has 9 nitrogen and oxygen atoms in total. The van der Waals surface area contributed by atoms with Crippen LogP contribution in [-0.2, 0) is 4.84 Å². The Bertz CT molecular complexity index is 1390. The number of hydroxylamine groups is 1. The van der Waals surface area contributed by atoms with Gasteiger partial charge in [-0.05, 0) is 45.0 Å². The van der Waals surface area contributed by atoms with E-state index in [1.807, 2.05) is 6.07 Å². The normalized spacial score (nSPS) is 22.5. The second-order valence-electron chi connectivity index (χ2n) is 11.4. The summed E-state index contributed by atoms with van der Waals surface area (Å²) in [5.74, 6) is -0.0590. The lowest BCUT2D eigenvalue weighted by Crippen LogP contribution is -2.55. The third-order valence-electron chi connectivity index (χ3n) is 8.91. The van der Waals surface area contributed by atoms with Gasteiger partial charge in [-0.3, -0.25) is 9.74 Å². The van der Waals surface area contributed by atoms with Crippen molar-refractivity contribution in [3.05, 3.63) is 66.0 Å². The molecule has 0 spiro atoms. The summed E-state index contributed by atoms with van der Waals surface area (Å²) in [6.45, 7) is 8.14. The molecule has 42 heavy (non-hydrogen) atoms. The molecule has 224 valence electrons. The summed E-state index contributed by atoms with van der Waals surface area (Å²) in [7, 11) is 3.88. The van der Waals surface area contributed by atoms with Crippen molar-refractivity contribution < 1.29 is 18.4 Å². The summed E-state index contributed by atoms with van der Waals surface area (Å²) in [6, 6.07) is 12.8. The van der Waals surface area contributed by atoms with Gasteiger partial charge in [-0.25, -0.2) is 23.8 Å². The van der Waals surface area contributed by atoms with Crippen molar-refractivity contribution in [2.45, 2.75) is 44.3 Å². The van der Waals surface area contributed by atoms with Gasteiger partial charge in [0.2, 0.25) is 0 Å². The van der Waals surface area contributed by atoms with E-state index in [9.17, 15) is 8.78 Å². The molecule has 1 N–H and O–H groups in total. The smallest absolute Gasteiger partial charge is 0.164 e. The fourth-order valence-corrected chi connectivity index (χ4v) is 6.31. The van der Waals surface area contributed by atoms with E-state index in [1.165, 1.54) is 17.5 Å². The lowest BCUT2D eigenvalue weighted by molar-refractivity contribution is 0.0627. The number of hydrogen-bond acceptors (Lipinski definition) is 9. The van der Waals surface area contributed by atoms with Crippen molar-refractivity contribution in [1.29, 1.82) is 0 Å². The van der Waals surface area contributed by atoms with Crippen LogP contribution in [-0.4, -0.2) is 85.3 Å². The largest absolute Gasteiger partial charge is 0.494 e. The van der Waals surface area contributed by atoms with E-state index in [0.29, 0.717) is 42.5 Å². The molecule has 2 atom stereocenters. The van der Waals surface area contributed by atoms with Gasteiger partial charge in [0.05, 0.1) is 25.4 Å². The molecule has 3 fully saturated rings. The quantitative estimate of drug-likeness (QED) is 0.417. The van der Waals surface area contributed by atoms with E-state index in [-0.39, 0.29) is 5.56 Å². The lowest BCUT2D eigenvalue weighted by Gasteiger charge is -2.45. The number of hydrogen-bond donors (Lipinski definition) is 1. The van der Waals surface area contributed by atoms with Gasteiger partial charge in [0.15, 0.2) is 17.5 Å². The molecule has 3 aromatic rings. The molecule has 4 heterocycles. The number of ether oxygens (including phenoxy) is 1. The first-order chi connectivity index (χ1) is 20.4. The summed E-state index contributed by atoms with van der Waals surface area (Å²) in [6.07, 6.45) is 4.24. The van der Waals surface area contributed by atoms with Gasteiger partial charge in [-0.2, -0.15) is 0 Å². The molecule has 0 bridgehead atoms. The fraction of sp³-hybridized carbons (Fsp3) is 0.484. The number of rotatable bonds is 7. The average molecular weight is 580 g/mol. The Morgan fingerprint density at radius 1 is 1.00 bits per heavy atom. The van der Waals surface area contributed by atoms with Crippen LogP contribution in [0.15, 0.2) is 48.8 Å². The predicted octanol–water partition coefficient (Wildman–Crippen LogP) is 4.99. The van der Waals surface area contributed by atoms with Crippen LogP contribution < -0.4 is 20.0 Å². The molecule has 0 aliphatic carbocycles. The van der Waals surface area contributed by atoms with Crippen molar-refractivity contribution in [3.8, 4) is 5.75 Å². The number of halogens is 2. The van der Waals surface area contributed by atoms with Crippen LogP contribution in [0, 0.1) is 11.6 Å². The molecular weight excluding hydrogens is 540 g/mol. The van der Waals surface area contributed by atoms with Crippen LogP contribution in [0.3, 0.4) is 0 Å². The maximum absolute atomic E-state index is 14.6. The van der Waals surface area contributed by atoms with Gasteiger partial charge >= 0.3 is 0 Å². The minimum atomic E-state index is -0.881. The maximum Gasteiger partial charge on any atom is 0.164 e. The van der Waals surface area contributed by atoms with Crippen molar-refractivity contribution in [3.63, 3.8) is 0 Å². The van der Waals surface area contributed by atoms with Crippen LogP contribution in [0.1, 0.15) is 37.8 Å². The lowest BCUT2D eigenvalue weighted by atomic mass is 10.0. The van der Waals surface area contributed by atoms with E-state index in [2.05, 4.69) is 56.1 Å². The number of aromatic nitrogens is 2. The van der Waals surface area contributed by atoms with Crippen molar-refractivity contribution in [2.75, 3.05) is 68.8 Å². The number of nitrogens with one attached hydrogen (secondary N) is 1. The Morgan fingerprint density at radius 2 is 1.83 bits per heavy atom. The molecule has 3 aliphatic heterocycles. The van der Waals surface area contributed by atoms with E-state index in [4.69, 9.17) is 9.57 Å². The first-order valence-electron chi connectivity index (χ1n) is 14.7. The SMILES string of the molecule is COc1cc(N2CCC(N3CCN(C)C(C)C3)CC2)ccc1Nc1cc(N2OCCC2c2cccc(F)c2F)ncn1. The standard InChI is InChI=1S/C31H39F2N7O2/c1-21-19-39(15-14-37(21)2)22-9-12-38(13-10-22)23-7-8-26(28(17-23)41-3)36-29-18-30(35-20-34-29)40-27(11-16-42-40)24-5-4-6-25(32)31(24)33/h4-8,17-18,20-22,27H,9-16,19H2,1-3H3,(H,34,35,36). The van der Waals surface area contributed by atoms with Gasteiger partial charge in [-0.15, -0.1) is 0 Å². The van der Waals surface area contributed by atoms with Gasteiger partial charge in [0.1, 0.15) is 17.9 Å². The first-order valence-corrected chi connectivity index (χ1v) is 14.7. The highest BCUT2D eigenvalue weighted by molar-refractivity contribution is 5.70. The van der Waals surface area contributed by atoms with Gasteiger partial charge < -0.3 is 19.9 Å². The zero-order valence-corrected chi connectivity index (χ0v) is 24.5. The molecule has 1 aromatic heterocycles. The van der Waals surface area contributed by atoms with E-state index in [0.717, 1.165) is 63.0 Å². The third kappa shape index (κ3) is 5.86. The maximum atomic E-state index is 14.6. The molecule has 0 amide bonds. The summed E-state index contributed by atoms with van der Waals surface area (Å²) in [5, 5.41) is 4.85. The molecule has 11 heteroatoms. The number of likely N-dealkylation sites (N-methyl/N-ethyl adjacent to an activating group) is 1. The summed E-state index contributed by atoms with van der Waals surface area (Å²) in [5.41, 5.74) is 2.14. The molecule has 0 radical (unpaired) electrons. The second kappa shape index (κ2) is 12.4. The van der Waals surface area contributed by atoms with Crippen molar-refractivity contribution in [2.24, 2.45) is 0 Å². The first kappa shape index (κ1) is 28.6. The molecule has 2 aromatic carbocycles. The topological polar surface area (TPSA) is 69.2 Å². The van der Waals surface area contributed by atoms with Crippen LogP contribution >= 0.6 is 0 Å². The number of piperazine rings is 1. The zero-order chi connectivity index (χ0) is 29.2. The molecule has 0 saturated carbocycles. The highest BCUT2D eigenvalue weighted by Crippen LogP contribution is 2.37. The number of piperidine rings is 1. The minimum absolute atomic E-state index is 0.236. The van der Waals surface area contributed by atoms with Gasteiger partial charge in [0.25, 0.3) is 0 Å². The van der Waals surface area contributed by atoms with Crippen molar-refractivity contribution >= 4 is 23.0 Å². The molecular formula is C31H39F2N7O2. The summed E-state index contributed by atoms with van der Waals surface area (Å²) < 4.78 is 34.2. The summed E-state index contributed by atoms with van der Waals surface area (Å²) in [4.78, 5) is 22.1.